The van der Waals surface area contributed by atoms with Gasteiger partial charge in [0.2, 0.25) is 22.4 Å². The molecule has 0 saturated carbocycles. The Bertz CT molecular complexity index is 1170. The normalized spacial score (nSPS) is 10.9. The van der Waals surface area contributed by atoms with Crippen LogP contribution in [0.5, 0.6) is 23.4 Å². The highest BCUT2D eigenvalue weighted by molar-refractivity contribution is 5.79. The molecule has 0 N–H and O–H groups in total. The van der Waals surface area contributed by atoms with Gasteiger partial charge in [0, 0.05) is 0 Å². The van der Waals surface area contributed by atoms with Crippen molar-refractivity contribution in [3.63, 3.8) is 0 Å². The van der Waals surface area contributed by atoms with E-state index in [0.29, 0.717) is 21.9 Å². The number of benzene rings is 2. The molecule has 0 unspecified atom stereocenters. The van der Waals surface area contributed by atoms with Crippen molar-refractivity contribution in [1.29, 1.82) is 0 Å². The molecule has 4 rings (SSSR count). The average molecular weight is 366 g/mol. The van der Waals surface area contributed by atoms with Crippen molar-refractivity contribution in [2.75, 3.05) is 14.2 Å². The number of fused-ring (bicyclic) bond motifs is 2. The minimum atomic E-state index is -0.406. The van der Waals surface area contributed by atoms with Gasteiger partial charge >= 0.3 is 11.9 Å². The van der Waals surface area contributed by atoms with Gasteiger partial charge in [-0.05, 0) is 24.3 Å². The molecule has 4 aromatic rings. The summed E-state index contributed by atoms with van der Waals surface area (Å²) in [4.78, 5) is 25.2. The van der Waals surface area contributed by atoms with Crippen LogP contribution in [0.1, 0.15) is 0 Å². The second-order valence-electron chi connectivity index (χ2n) is 5.60. The number of para-hydroxylation sites is 2. The van der Waals surface area contributed by atoms with E-state index in [9.17, 15) is 9.59 Å². The largest absolute Gasteiger partial charge is 0.487 e. The number of ether oxygens (including phenoxy) is 3. The summed E-state index contributed by atoms with van der Waals surface area (Å²) in [7, 11) is 2.64. The standard InChI is InChI=1S/C20H14O7/c1-23-17-15(21)11-7-3-5-9-13(11)25-19(17)27-20-18(24-2)16(22)12-8-4-6-10-14(12)26-20/h3-10H,1-2H3. The summed E-state index contributed by atoms with van der Waals surface area (Å²) >= 11 is 0. The zero-order valence-electron chi connectivity index (χ0n) is 14.5. The first-order valence-electron chi connectivity index (χ1n) is 8.01. The van der Waals surface area contributed by atoms with Crippen molar-refractivity contribution in [1.82, 2.24) is 0 Å². The third-order valence-corrected chi connectivity index (χ3v) is 4.05. The first-order chi connectivity index (χ1) is 13.1. The molecule has 0 aliphatic carbocycles. The van der Waals surface area contributed by atoms with Crippen molar-refractivity contribution in [3.8, 4) is 23.4 Å². The molecule has 27 heavy (non-hydrogen) atoms. The molecule has 0 amide bonds. The van der Waals surface area contributed by atoms with E-state index < -0.39 is 10.9 Å². The van der Waals surface area contributed by atoms with E-state index in [1.54, 1.807) is 48.5 Å². The van der Waals surface area contributed by atoms with E-state index in [1.165, 1.54) is 14.2 Å². The summed E-state index contributed by atoms with van der Waals surface area (Å²) in [5, 5.41) is 0.683. The van der Waals surface area contributed by atoms with E-state index in [2.05, 4.69) is 0 Å². The van der Waals surface area contributed by atoms with Gasteiger partial charge in [-0.1, -0.05) is 24.3 Å². The van der Waals surface area contributed by atoms with Crippen molar-refractivity contribution in [2.45, 2.75) is 0 Å². The Morgan fingerprint density at radius 1 is 0.667 bits per heavy atom. The predicted octanol–water partition coefficient (Wildman–Crippen LogP) is 3.71. The second kappa shape index (κ2) is 6.53. The van der Waals surface area contributed by atoms with Crippen LogP contribution in [0, 0.1) is 0 Å². The molecule has 0 fully saturated rings. The van der Waals surface area contributed by atoms with Gasteiger partial charge in [0.05, 0.1) is 25.0 Å². The predicted molar refractivity (Wildman–Crippen MR) is 98.1 cm³/mol. The molecule has 0 aliphatic rings. The van der Waals surface area contributed by atoms with E-state index in [0.717, 1.165) is 0 Å². The molecule has 7 nitrogen and oxygen atoms in total. The minimum Gasteiger partial charge on any atom is -0.487 e. The highest BCUT2D eigenvalue weighted by atomic mass is 16.7. The topological polar surface area (TPSA) is 88.1 Å². The number of hydrogen-bond acceptors (Lipinski definition) is 7. The fraction of sp³-hybridized carbons (Fsp3) is 0.100. The molecular weight excluding hydrogens is 352 g/mol. The smallest absolute Gasteiger partial charge is 0.341 e. The van der Waals surface area contributed by atoms with Crippen LogP contribution in [-0.2, 0) is 0 Å². The quantitative estimate of drug-likeness (QED) is 0.544. The van der Waals surface area contributed by atoms with Crippen LogP contribution in [0.4, 0.5) is 0 Å². The first kappa shape index (κ1) is 16.7. The van der Waals surface area contributed by atoms with Gasteiger partial charge in [0.1, 0.15) is 11.2 Å². The molecule has 136 valence electrons. The van der Waals surface area contributed by atoms with Gasteiger partial charge in [0.25, 0.3) is 0 Å². The molecule has 2 heterocycles. The first-order valence-corrected chi connectivity index (χ1v) is 8.01. The van der Waals surface area contributed by atoms with Crippen LogP contribution < -0.4 is 25.1 Å². The lowest BCUT2D eigenvalue weighted by Crippen LogP contribution is -2.10. The van der Waals surface area contributed by atoms with Crippen LogP contribution in [-0.4, -0.2) is 14.2 Å². The maximum Gasteiger partial charge on any atom is 0.341 e. The maximum absolute atomic E-state index is 12.6. The van der Waals surface area contributed by atoms with Crippen LogP contribution in [0.25, 0.3) is 21.9 Å². The average Bonchev–Trinajstić information content (AvgIpc) is 2.69. The van der Waals surface area contributed by atoms with E-state index in [-0.39, 0.29) is 23.4 Å². The Balaban J connectivity index is 1.95. The Morgan fingerprint density at radius 3 is 1.48 bits per heavy atom. The highest BCUT2D eigenvalue weighted by Gasteiger charge is 2.23. The summed E-state index contributed by atoms with van der Waals surface area (Å²) < 4.78 is 27.2. The molecule has 0 spiro atoms. The summed E-state index contributed by atoms with van der Waals surface area (Å²) in [6, 6.07) is 13.3. The molecule has 2 aromatic heterocycles. The van der Waals surface area contributed by atoms with Gasteiger partial charge in [-0.25, -0.2) is 0 Å². The Morgan fingerprint density at radius 2 is 1.07 bits per heavy atom. The van der Waals surface area contributed by atoms with Gasteiger partial charge in [-0.2, -0.15) is 0 Å². The fourth-order valence-corrected chi connectivity index (χ4v) is 2.78. The van der Waals surface area contributed by atoms with E-state index >= 15 is 0 Å². The molecule has 7 heteroatoms. The minimum absolute atomic E-state index is 0.147. The van der Waals surface area contributed by atoms with E-state index in [4.69, 9.17) is 23.0 Å². The summed E-state index contributed by atoms with van der Waals surface area (Å²) in [5.41, 5.74) is -0.200. The lowest BCUT2D eigenvalue weighted by atomic mass is 10.2. The monoisotopic (exact) mass is 366 g/mol. The van der Waals surface area contributed by atoms with Gasteiger partial charge in [-0.3, -0.25) is 9.59 Å². The molecule has 0 atom stereocenters. The maximum atomic E-state index is 12.6. The summed E-state index contributed by atoms with van der Waals surface area (Å²) in [5.74, 6) is -0.769. The lowest BCUT2D eigenvalue weighted by Gasteiger charge is -2.11. The number of methoxy groups -OCH3 is 2. The summed E-state index contributed by atoms with van der Waals surface area (Å²) in [6.07, 6.45) is 0. The van der Waals surface area contributed by atoms with Gasteiger partial charge < -0.3 is 23.0 Å². The number of hydrogen-bond donors (Lipinski definition) is 0. The molecule has 2 aromatic carbocycles. The van der Waals surface area contributed by atoms with Crippen LogP contribution >= 0.6 is 0 Å². The third-order valence-electron chi connectivity index (χ3n) is 4.05. The molecule has 0 bridgehead atoms. The molecule has 0 aliphatic heterocycles. The van der Waals surface area contributed by atoms with Crippen molar-refractivity contribution >= 4 is 21.9 Å². The molecule has 0 saturated heterocycles. The third kappa shape index (κ3) is 2.69. The van der Waals surface area contributed by atoms with Gasteiger partial charge in [-0.15, -0.1) is 0 Å². The lowest BCUT2D eigenvalue weighted by molar-refractivity contribution is 0.244. The number of rotatable bonds is 4. The van der Waals surface area contributed by atoms with Gasteiger partial charge in [0.15, 0.2) is 0 Å². The molecule has 0 radical (unpaired) electrons. The van der Waals surface area contributed by atoms with E-state index in [1.807, 2.05) is 0 Å². The Hall–Kier alpha value is -3.74. The Kier molecular flexibility index (Phi) is 4.04. The highest BCUT2D eigenvalue weighted by Crippen LogP contribution is 2.36. The SMILES string of the molecule is COc1c(Oc2oc3ccccc3c(=O)c2OC)oc2ccccc2c1=O. The van der Waals surface area contributed by atoms with Crippen LogP contribution in [0.2, 0.25) is 0 Å². The van der Waals surface area contributed by atoms with Crippen molar-refractivity contribution in [2.24, 2.45) is 0 Å². The zero-order chi connectivity index (χ0) is 19.0. The Labute approximate surface area is 152 Å². The summed E-state index contributed by atoms with van der Waals surface area (Å²) in [6.45, 7) is 0. The molecular formula is C20H14O7. The second-order valence-corrected chi connectivity index (χ2v) is 5.60. The van der Waals surface area contributed by atoms with Crippen molar-refractivity contribution < 1.29 is 23.0 Å². The van der Waals surface area contributed by atoms with Crippen LogP contribution in [0.3, 0.4) is 0 Å². The van der Waals surface area contributed by atoms with Crippen LogP contribution in [0.15, 0.2) is 67.0 Å². The van der Waals surface area contributed by atoms with Crippen molar-refractivity contribution in [3.05, 3.63) is 69.0 Å². The zero-order valence-corrected chi connectivity index (χ0v) is 14.5. The fourth-order valence-electron chi connectivity index (χ4n) is 2.78.